The predicted molar refractivity (Wildman–Crippen MR) is 83.6 cm³/mol. The van der Waals surface area contributed by atoms with E-state index in [0.717, 1.165) is 12.8 Å². The Morgan fingerprint density at radius 3 is 2.86 bits per heavy atom. The SMILES string of the molecule is NC(=O)C[C@@H]1CCCN(C(=O)Nc2cccc(Cl)c2Cl)C1. The third-order valence-corrected chi connectivity index (χ3v) is 4.31. The van der Waals surface area contributed by atoms with Crippen LogP contribution in [-0.2, 0) is 4.79 Å². The van der Waals surface area contributed by atoms with Crippen molar-refractivity contribution in [2.45, 2.75) is 19.3 Å². The van der Waals surface area contributed by atoms with Gasteiger partial charge in [0.25, 0.3) is 0 Å². The summed E-state index contributed by atoms with van der Waals surface area (Å²) in [7, 11) is 0. The minimum absolute atomic E-state index is 0.122. The molecule has 0 bridgehead atoms. The van der Waals surface area contributed by atoms with Crippen LogP contribution >= 0.6 is 23.2 Å². The van der Waals surface area contributed by atoms with Gasteiger partial charge in [-0.2, -0.15) is 0 Å². The highest BCUT2D eigenvalue weighted by molar-refractivity contribution is 6.43. The van der Waals surface area contributed by atoms with Crippen LogP contribution < -0.4 is 11.1 Å². The number of likely N-dealkylation sites (tertiary alicyclic amines) is 1. The maximum absolute atomic E-state index is 12.3. The molecule has 0 unspecified atom stereocenters. The average Bonchev–Trinajstić information content (AvgIpc) is 2.43. The lowest BCUT2D eigenvalue weighted by Gasteiger charge is -2.32. The Morgan fingerprint density at radius 1 is 1.38 bits per heavy atom. The maximum atomic E-state index is 12.3. The fraction of sp³-hybridized carbons (Fsp3) is 0.429. The van der Waals surface area contributed by atoms with Crippen LogP contribution in [-0.4, -0.2) is 29.9 Å². The minimum Gasteiger partial charge on any atom is -0.370 e. The molecule has 1 aliphatic rings. The Bertz CT molecular complexity index is 551. The van der Waals surface area contributed by atoms with Gasteiger partial charge in [0.1, 0.15) is 0 Å². The number of halogens is 2. The number of anilines is 1. The number of carbonyl (C=O) groups excluding carboxylic acids is 2. The van der Waals surface area contributed by atoms with Crippen molar-refractivity contribution in [2.75, 3.05) is 18.4 Å². The summed E-state index contributed by atoms with van der Waals surface area (Å²) in [5.41, 5.74) is 5.69. The molecule has 1 heterocycles. The molecule has 1 saturated heterocycles. The number of primary amides is 1. The zero-order valence-electron chi connectivity index (χ0n) is 11.4. The van der Waals surface area contributed by atoms with Crippen molar-refractivity contribution in [2.24, 2.45) is 11.7 Å². The molecule has 114 valence electrons. The highest BCUT2D eigenvalue weighted by atomic mass is 35.5. The minimum atomic E-state index is -0.333. The van der Waals surface area contributed by atoms with Crippen LogP contribution in [0.15, 0.2) is 18.2 Å². The van der Waals surface area contributed by atoms with Gasteiger partial charge in [-0.1, -0.05) is 29.3 Å². The van der Waals surface area contributed by atoms with Crippen LogP contribution in [0.25, 0.3) is 0 Å². The third-order valence-electron chi connectivity index (χ3n) is 3.49. The number of nitrogens with one attached hydrogen (secondary N) is 1. The monoisotopic (exact) mass is 329 g/mol. The number of piperidine rings is 1. The molecule has 0 spiro atoms. The molecule has 0 aromatic heterocycles. The molecule has 3 N–H and O–H groups in total. The Kier molecular flexibility index (Phi) is 5.31. The molecule has 0 saturated carbocycles. The molecule has 7 heteroatoms. The molecule has 2 rings (SSSR count). The highest BCUT2D eigenvalue weighted by Gasteiger charge is 2.25. The van der Waals surface area contributed by atoms with Crippen molar-refractivity contribution in [1.29, 1.82) is 0 Å². The Labute approximate surface area is 133 Å². The Balaban J connectivity index is 1.99. The van der Waals surface area contributed by atoms with E-state index in [2.05, 4.69) is 5.32 Å². The third kappa shape index (κ3) is 4.25. The first-order valence-corrected chi connectivity index (χ1v) is 7.51. The predicted octanol–water partition coefficient (Wildman–Crippen LogP) is 3.11. The van der Waals surface area contributed by atoms with Crippen LogP contribution in [0.1, 0.15) is 19.3 Å². The number of carbonyl (C=O) groups is 2. The van der Waals surface area contributed by atoms with Gasteiger partial charge in [-0.3, -0.25) is 4.79 Å². The summed E-state index contributed by atoms with van der Waals surface area (Å²) in [5, 5.41) is 3.46. The number of nitrogens with zero attached hydrogens (tertiary/aromatic N) is 1. The lowest BCUT2D eigenvalue weighted by molar-refractivity contribution is -0.119. The van der Waals surface area contributed by atoms with Crippen LogP contribution in [0, 0.1) is 5.92 Å². The van der Waals surface area contributed by atoms with Crippen molar-refractivity contribution < 1.29 is 9.59 Å². The van der Waals surface area contributed by atoms with Crippen molar-refractivity contribution in [3.05, 3.63) is 28.2 Å². The van der Waals surface area contributed by atoms with E-state index in [1.807, 2.05) is 0 Å². The van der Waals surface area contributed by atoms with Gasteiger partial charge in [-0.15, -0.1) is 0 Å². The molecule has 3 amide bonds. The second-order valence-electron chi connectivity index (χ2n) is 5.16. The van der Waals surface area contributed by atoms with Gasteiger partial charge in [0.05, 0.1) is 15.7 Å². The van der Waals surface area contributed by atoms with Gasteiger partial charge in [0.2, 0.25) is 5.91 Å². The molecule has 1 atom stereocenters. The van der Waals surface area contributed by atoms with E-state index < -0.39 is 0 Å². The van der Waals surface area contributed by atoms with E-state index in [9.17, 15) is 9.59 Å². The largest absolute Gasteiger partial charge is 0.370 e. The molecule has 1 aromatic rings. The topological polar surface area (TPSA) is 75.4 Å². The van der Waals surface area contributed by atoms with E-state index in [0.29, 0.717) is 35.2 Å². The molecule has 1 aromatic carbocycles. The second-order valence-corrected chi connectivity index (χ2v) is 5.94. The number of hydrogen-bond donors (Lipinski definition) is 2. The lowest BCUT2D eigenvalue weighted by Crippen LogP contribution is -2.43. The number of hydrogen-bond acceptors (Lipinski definition) is 2. The normalized spacial score (nSPS) is 18.4. The number of benzene rings is 1. The first-order chi connectivity index (χ1) is 9.97. The standard InChI is InChI=1S/C14H17Cl2N3O2/c15-10-4-1-5-11(13(10)16)18-14(21)19-6-2-3-9(8-19)7-12(17)20/h1,4-5,9H,2-3,6-8H2,(H2,17,20)(H,18,21)/t9-/m0/s1. The zero-order valence-corrected chi connectivity index (χ0v) is 13.0. The van der Waals surface area contributed by atoms with E-state index in [1.54, 1.807) is 23.1 Å². The Morgan fingerprint density at radius 2 is 2.14 bits per heavy atom. The number of urea groups is 1. The average molecular weight is 330 g/mol. The first-order valence-electron chi connectivity index (χ1n) is 6.75. The maximum Gasteiger partial charge on any atom is 0.321 e. The second kappa shape index (κ2) is 7.00. The lowest BCUT2D eigenvalue weighted by atomic mass is 9.95. The zero-order chi connectivity index (χ0) is 15.4. The molecular formula is C14H17Cl2N3O2. The number of amides is 3. The quantitative estimate of drug-likeness (QED) is 0.893. The molecule has 0 aliphatic carbocycles. The highest BCUT2D eigenvalue weighted by Crippen LogP contribution is 2.30. The Hall–Kier alpha value is -1.46. The van der Waals surface area contributed by atoms with Crippen LogP contribution in [0.5, 0.6) is 0 Å². The van der Waals surface area contributed by atoms with Gasteiger partial charge >= 0.3 is 6.03 Å². The summed E-state index contributed by atoms with van der Waals surface area (Å²) in [6, 6.07) is 4.82. The van der Waals surface area contributed by atoms with Gasteiger partial charge in [-0.05, 0) is 30.9 Å². The van der Waals surface area contributed by atoms with E-state index in [4.69, 9.17) is 28.9 Å². The summed E-state index contributed by atoms with van der Waals surface area (Å²) < 4.78 is 0. The number of rotatable bonds is 3. The molecular weight excluding hydrogens is 313 g/mol. The summed E-state index contributed by atoms with van der Waals surface area (Å²) in [6.45, 7) is 1.17. The fourth-order valence-corrected chi connectivity index (χ4v) is 2.84. The van der Waals surface area contributed by atoms with Crippen molar-refractivity contribution in [1.82, 2.24) is 4.90 Å². The van der Waals surface area contributed by atoms with Gasteiger partial charge in [0.15, 0.2) is 0 Å². The van der Waals surface area contributed by atoms with Crippen LogP contribution in [0.2, 0.25) is 10.0 Å². The van der Waals surface area contributed by atoms with Crippen molar-refractivity contribution in [3.8, 4) is 0 Å². The van der Waals surface area contributed by atoms with E-state index in [1.165, 1.54) is 0 Å². The molecule has 21 heavy (non-hydrogen) atoms. The smallest absolute Gasteiger partial charge is 0.321 e. The van der Waals surface area contributed by atoms with Crippen molar-refractivity contribution in [3.63, 3.8) is 0 Å². The van der Waals surface area contributed by atoms with Crippen LogP contribution in [0.3, 0.4) is 0 Å². The van der Waals surface area contributed by atoms with Gasteiger partial charge in [0, 0.05) is 19.5 Å². The summed E-state index contributed by atoms with van der Waals surface area (Å²) >= 11 is 12.0. The molecule has 0 radical (unpaired) electrons. The van der Waals surface area contributed by atoms with Crippen molar-refractivity contribution >= 4 is 40.8 Å². The number of nitrogens with two attached hydrogens (primary N) is 1. The van der Waals surface area contributed by atoms with E-state index >= 15 is 0 Å². The van der Waals surface area contributed by atoms with Gasteiger partial charge in [-0.25, -0.2) is 4.79 Å². The van der Waals surface area contributed by atoms with Gasteiger partial charge < -0.3 is 16.0 Å². The van der Waals surface area contributed by atoms with E-state index in [-0.39, 0.29) is 17.9 Å². The summed E-state index contributed by atoms with van der Waals surface area (Å²) in [4.78, 5) is 24.9. The summed E-state index contributed by atoms with van der Waals surface area (Å²) in [5.74, 6) is -0.211. The molecule has 1 aliphatic heterocycles. The summed E-state index contributed by atoms with van der Waals surface area (Å²) in [6.07, 6.45) is 2.07. The fourth-order valence-electron chi connectivity index (χ4n) is 2.50. The first kappa shape index (κ1) is 15.9. The molecule has 1 fully saturated rings. The molecule has 5 nitrogen and oxygen atoms in total. The van der Waals surface area contributed by atoms with Crippen LogP contribution in [0.4, 0.5) is 10.5 Å².